The Bertz CT molecular complexity index is 1460. The van der Waals surface area contributed by atoms with Crippen LogP contribution in [0.1, 0.15) is 51.4 Å². The van der Waals surface area contributed by atoms with Gasteiger partial charge in [0, 0.05) is 0 Å². The molecular weight excluding hydrogens is 733 g/mol. The summed E-state index contributed by atoms with van der Waals surface area (Å²) in [5, 5.41) is 6.13. The van der Waals surface area contributed by atoms with Crippen molar-refractivity contribution in [1.29, 1.82) is 0 Å². The molecule has 2 unspecified atom stereocenters. The Labute approximate surface area is 325 Å². The van der Waals surface area contributed by atoms with E-state index in [0.29, 0.717) is 0 Å². The van der Waals surface area contributed by atoms with Crippen LogP contribution in [0.3, 0.4) is 0 Å². The quantitative estimate of drug-likeness (QED) is 0.0475. The van der Waals surface area contributed by atoms with Crippen LogP contribution in [0.4, 0.5) is 0 Å². The number of allylic oxidation sites excluding steroid dienone is 2. The molecule has 276 valence electrons. The second-order valence-corrected chi connectivity index (χ2v) is 38.3. The van der Waals surface area contributed by atoms with Crippen LogP contribution in [0.2, 0.25) is 39.3 Å². The van der Waals surface area contributed by atoms with Gasteiger partial charge in [-0.2, -0.15) is 0 Å². The summed E-state index contributed by atoms with van der Waals surface area (Å²) in [4.78, 5) is 3.90. The van der Waals surface area contributed by atoms with Crippen molar-refractivity contribution in [2.24, 2.45) is 0 Å². The van der Waals surface area contributed by atoms with Crippen LogP contribution in [-0.4, -0.2) is 40.8 Å². The Kier molecular flexibility index (Phi) is 16.8. The van der Waals surface area contributed by atoms with Gasteiger partial charge in [0.25, 0.3) is 0 Å². The molecule has 0 radical (unpaired) electrons. The first-order chi connectivity index (χ1) is 25.1. The highest BCUT2D eigenvalue weighted by Gasteiger charge is 2.38. The van der Waals surface area contributed by atoms with Crippen molar-refractivity contribution in [3.8, 4) is 0 Å². The molecule has 0 bridgehead atoms. The minimum absolute atomic E-state index is 0.0299. The third-order valence-electron chi connectivity index (χ3n) is 10.1. The molecule has 2 atom stereocenters. The van der Waals surface area contributed by atoms with Gasteiger partial charge in [-0.15, -0.1) is 0 Å². The average Bonchev–Trinajstić information content (AvgIpc) is 3.15. The highest BCUT2D eigenvalue weighted by molar-refractivity contribution is 8.34. The monoisotopic (exact) mass is 796 g/mol. The summed E-state index contributed by atoms with van der Waals surface area (Å²) in [5.74, 6) is 0. The summed E-state index contributed by atoms with van der Waals surface area (Å²) >= 11 is 0. The zero-order valence-corrected chi connectivity index (χ0v) is 38.6. The average molecular weight is 797 g/mol. The molecule has 0 fully saturated rings. The van der Waals surface area contributed by atoms with Crippen LogP contribution < -0.4 is 21.2 Å². The number of benzene rings is 4. The highest BCUT2D eigenvalue weighted by Crippen LogP contribution is 2.81. The van der Waals surface area contributed by atoms with E-state index >= 15 is 0 Å². The largest absolute Gasteiger partial charge is 0.0786 e. The van der Waals surface area contributed by atoms with E-state index in [1.165, 1.54) is 97.2 Å². The minimum atomic E-state index is -1.37. The zero-order chi connectivity index (χ0) is 36.8. The maximum Gasteiger partial charge on any atom is 0.0786 e. The molecule has 0 N–H and O–H groups in total. The normalized spacial score (nSPS) is 16.6. The maximum atomic E-state index is 2.69. The van der Waals surface area contributed by atoms with Crippen molar-refractivity contribution in [1.82, 2.24) is 0 Å². The van der Waals surface area contributed by atoms with Gasteiger partial charge in [-0.1, -0.05) is 224 Å². The maximum absolute atomic E-state index is 2.69. The summed E-state index contributed by atoms with van der Waals surface area (Å²) < 4.78 is 0. The molecule has 52 heavy (non-hydrogen) atoms. The van der Waals surface area contributed by atoms with E-state index in [1.54, 1.807) is 0 Å². The van der Waals surface area contributed by atoms with E-state index < -0.39 is 16.1 Å². The van der Waals surface area contributed by atoms with Crippen molar-refractivity contribution in [3.63, 3.8) is 0 Å². The van der Waals surface area contributed by atoms with Crippen molar-refractivity contribution in [2.75, 3.05) is 24.6 Å². The van der Waals surface area contributed by atoms with Crippen molar-refractivity contribution in [2.45, 2.75) is 90.6 Å². The molecule has 0 saturated carbocycles. The third kappa shape index (κ3) is 12.5. The SMILES string of the molecule is C[Si](C)(C)C1=CC=C([Si](C)(C)C)P(CCCCCCP(c2ccccc2)c2ccccc2)P1CCCCCCP(c1ccccc1)c1ccccc1. The Morgan fingerprint density at radius 2 is 0.635 bits per heavy atom. The fraction of sp³-hybridized carbons (Fsp3) is 0.391. The Morgan fingerprint density at radius 3 is 0.904 bits per heavy atom. The second kappa shape index (κ2) is 21.0. The summed E-state index contributed by atoms with van der Waals surface area (Å²) in [6.07, 6.45) is 22.0. The molecular formula is C46H64P4Si2. The van der Waals surface area contributed by atoms with Gasteiger partial charge < -0.3 is 0 Å². The molecule has 0 spiro atoms. The highest BCUT2D eigenvalue weighted by atomic mass is 32.1. The van der Waals surface area contributed by atoms with Gasteiger partial charge in [-0.25, -0.2) is 0 Å². The van der Waals surface area contributed by atoms with Gasteiger partial charge in [0.05, 0.1) is 16.1 Å². The van der Waals surface area contributed by atoms with Crippen LogP contribution in [0, 0.1) is 0 Å². The first kappa shape index (κ1) is 41.7. The van der Waals surface area contributed by atoms with E-state index in [9.17, 15) is 0 Å². The van der Waals surface area contributed by atoms with E-state index in [-0.39, 0.29) is 31.1 Å². The van der Waals surface area contributed by atoms with Gasteiger partial charge in [0.2, 0.25) is 0 Å². The molecule has 0 aromatic heterocycles. The molecule has 0 amide bonds. The van der Waals surface area contributed by atoms with E-state index in [0.717, 1.165) is 0 Å². The van der Waals surface area contributed by atoms with Gasteiger partial charge in [0.1, 0.15) is 0 Å². The van der Waals surface area contributed by atoms with Gasteiger partial charge >= 0.3 is 0 Å². The lowest BCUT2D eigenvalue weighted by Gasteiger charge is -2.43. The smallest absolute Gasteiger partial charge is 0.0656 e. The first-order valence-electron chi connectivity index (χ1n) is 19.9. The van der Waals surface area contributed by atoms with Crippen LogP contribution >= 0.6 is 31.1 Å². The van der Waals surface area contributed by atoms with Gasteiger partial charge in [0.15, 0.2) is 0 Å². The minimum Gasteiger partial charge on any atom is -0.0656 e. The predicted octanol–water partition coefficient (Wildman–Crippen LogP) is 13.8. The molecule has 0 nitrogen and oxygen atoms in total. The van der Waals surface area contributed by atoms with Crippen LogP contribution in [0.15, 0.2) is 143 Å². The van der Waals surface area contributed by atoms with Crippen molar-refractivity contribution < 1.29 is 0 Å². The molecule has 1 aliphatic rings. The predicted molar refractivity (Wildman–Crippen MR) is 251 cm³/mol. The Morgan fingerprint density at radius 1 is 0.365 bits per heavy atom. The number of hydrogen-bond acceptors (Lipinski definition) is 0. The molecule has 0 aliphatic carbocycles. The van der Waals surface area contributed by atoms with E-state index in [1.807, 2.05) is 9.87 Å². The lowest BCUT2D eigenvalue weighted by atomic mass is 10.2. The lowest BCUT2D eigenvalue weighted by molar-refractivity contribution is 0.708. The van der Waals surface area contributed by atoms with Crippen molar-refractivity contribution in [3.05, 3.63) is 143 Å². The molecule has 0 saturated heterocycles. The van der Waals surface area contributed by atoms with Crippen LogP contribution in [0.25, 0.3) is 0 Å². The van der Waals surface area contributed by atoms with Gasteiger partial charge in [-0.3, -0.25) is 0 Å². The molecule has 1 aliphatic heterocycles. The Hall–Kier alpha value is -1.49. The molecule has 6 heteroatoms. The van der Waals surface area contributed by atoms with Crippen molar-refractivity contribution >= 4 is 68.4 Å². The number of hydrogen-bond donors (Lipinski definition) is 0. The first-order valence-corrected chi connectivity index (χ1v) is 33.7. The van der Waals surface area contributed by atoms with Gasteiger partial charge in [-0.05, 0) is 87.4 Å². The number of rotatable bonds is 20. The zero-order valence-electron chi connectivity index (χ0n) is 33.0. The summed E-state index contributed by atoms with van der Waals surface area (Å²) in [7, 11) is -3.34. The summed E-state index contributed by atoms with van der Waals surface area (Å²) in [5.41, 5.74) is 0. The fourth-order valence-corrected chi connectivity index (χ4v) is 35.1. The van der Waals surface area contributed by atoms with Crippen LogP contribution in [-0.2, 0) is 0 Å². The molecule has 4 aromatic carbocycles. The van der Waals surface area contributed by atoms with Crippen LogP contribution in [0.5, 0.6) is 0 Å². The third-order valence-corrected chi connectivity index (χ3v) is 33.2. The van der Waals surface area contributed by atoms with E-state index in [4.69, 9.17) is 0 Å². The fourth-order valence-electron chi connectivity index (χ4n) is 7.36. The Balaban J connectivity index is 1.17. The lowest BCUT2D eigenvalue weighted by Crippen LogP contribution is -2.28. The summed E-state index contributed by atoms with van der Waals surface area (Å²) in [6, 6.07) is 45.2. The molecule has 5 rings (SSSR count). The molecule has 4 aromatic rings. The number of unbranched alkanes of at least 4 members (excludes halogenated alkanes) is 6. The topological polar surface area (TPSA) is 0 Å². The standard InChI is InChI=1S/C46H64P4Si2/c1-51(2,3)45-35-36-46(52(4,5)6)50(40-26-10-8-24-38-48(43-31-19-13-20-32-43)44-33-21-14-22-34-44)49(45)39-25-9-7-23-37-47(41-27-15-11-16-28-41)42-29-17-12-18-30-42/h11-22,27-36H,7-10,23-26,37-40H2,1-6H3. The second-order valence-electron chi connectivity index (χ2n) is 16.3. The summed E-state index contributed by atoms with van der Waals surface area (Å²) in [6.45, 7) is 15.8. The van der Waals surface area contributed by atoms with E-state index in [2.05, 4.69) is 173 Å². The molecule has 1 heterocycles.